The minimum atomic E-state index is -0.380. The first-order chi connectivity index (χ1) is 13.6. The largest absolute Gasteiger partial charge is 0.383 e. The van der Waals surface area contributed by atoms with Gasteiger partial charge in [0.05, 0.1) is 11.1 Å². The SMILES string of the molecule is COCCn1c(C)c(Br)c(=O)c(C(=O)Nc2c(C(C)C)cccc2C(C)C)c1C. The van der Waals surface area contributed by atoms with Crippen molar-refractivity contribution in [2.45, 2.75) is 59.9 Å². The van der Waals surface area contributed by atoms with Gasteiger partial charge in [-0.3, -0.25) is 9.59 Å². The first-order valence-electron chi connectivity index (χ1n) is 9.94. The maximum absolute atomic E-state index is 13.3. The third-order valence-corrected chi connectivity index (χ3v) is 6.21. The fourth-order valence-corrected chi connectivity index (χ4v) is 4.01. The van der Waals surface area contributed by atoms with E-state index in [1.54, 1.807) is 7.11 Å². The van der Waals surface area contributed by atoms with Gasteiger partial charge in [0.15, 0.2) is 0 Å². The Morgan fingerprint density at radius 3 is 2.14 bits per heavy atom. The van der Waals surface area contributed by atoms with Crippen molar-refractivity contribution in [3.63, 3.8) is 0 Å². The molecule has 29 heavy (non-hydrogen) atoms. The monoisotopic (exact) mass is 462 g/mol. The molecule has 5 nitrogen and oxygen atoms in total. The molecular formula is C23H31BrN2O3. The van der Waals surface area contributed by atoms with E-state index >= 15 is 0 Å². The fourth-order valence-electron chi connectivity index (χ4n) is 3.60. The van der Waals surface area contributed by atoms with Crippen molar-refractivity contribution in [1.82, 2.24) is 4.57 Å². The van der Waals surface area contributed by atoms with Crippen LogP contribution in [0.1, 0.15) is 72.4 Å². The van der Waals surface area contributed by atoms with E-state index in [1.165, 1.54) is 0 Å². The first kappa shape index (κ1) is 23.4. The van der Waals surface area contributed by atoms with Crippen LogP contribution < -0.4 is 10.7 Å². The molecule has 0 radical (unpaired) electrons. The van der Waals surface area contributed by atoms with Gasteiger partial charge in [0, 0.05) is 30.7 Å². The molecule has 0 atom stereocenters. The quantitative estimate of drug-likeness (QED) is 0.601. The van der Waals surface area contributed by atoms with Gasteiger partial charge >= 0.3 is 0 Å². The zero-order chi connectivity index (χ0) is 21.9. The number of amides is 1. The molecule has 0 aliphatic heterocycles. The molecule has 1 aromatic heterocycles. The summed E-state index contributed by atoms with van der Waals surface area (Å²) in [5.74, 6) is 0.107. The molecule has 1 heterocycles. The molecule has 0 aliphatic rings. The van der Waals surface area contributed by atoms with E-state index in [4.69, 9.17) is 4.74 Å². The van der Waals surface area contributed by atoms with Crippen LogP contribution in [-0.2, 0) is 11.3 Å². The van der Waals surface area contributed by atoms with Crippen LogP contribution >= 0.6 is 15.9 Å². The lowest BCUT2D eigenvalue weighted by Crippen LogP contribution is -2.29. The van der Waals surface area contributed by atoms with E-state index in [9.17, 15) is 9.59 Å². The third-order valence-electron chi connectivity index (χ3n) is 5.27. The summed E-state index contributed by atoms with van der Waals surface area (Å²) >= 11 is 3.38. The van der Waals surface area contributed by atoms with Crippen molar-refractivity contribution in [1.29, 1.82) is 0 Å². The van der Waals surface area contributed by atoms with Crippen LogP contribution in [0.4, 0.5) is 5.69 Å². The second-order valence-electron chi connectivity index (χ2n) is 7.91. The molecule has 0 aliphatic carbocycles. The number of anilines is 1. The van der Waals surface area contributed by atoms with Gasteiger partial charge in [0.2, 0.25) is 5.43 Å². The number of hydrogen-bond donors (Lipinski definition) is 1. The molecule has 0 spiro atoms. The summed E-state index contributed by atoms with van der Waals surface area (Å²) in [6.45, 7) is 13.1. The van der Waals surface area contributed by atoms with E-state index in [0.29, 0.717) is 23.3 Å². The molecule has 0 fully saturated rings. The number of pyridine rings is 1. The zero-order valence-corrected chi connectivity index (χ0v) is 19.9. The van der Waals surface area contributed by atoms with Crippen LogP contribution in [0.25, 0.3) is 0 Å². The minimum absolute atomic E-state index is 0.159. The molecule has 0 saturated heterocycles. The molecular weight excluding hydrogens is 432 g/mol. The van der Waals surface area contributed by atoms with Crippen LogP contribution in [0.3, 0.4) is 0 Å². The number of aromatic nitrogens is 1. The molecule has 0 bridgehead atoms. The van der Waals surface area contributed by atoms with Gasteiger partial charge in [0.25, 0.3) is 5.91 Å². The van der Waals surface area contributed by atoms with Gasteiger partial charge in [-0.2, -0.15) is 0 Å². The van der Waals surface area contributed by atoms with Crippen molar-refractivity contribution in [3.05, 3.63) is 61.0 Å². The number of carbonyl (C=O) groups is 1. The Kier molecular flexibility index (Phi) is 7.83. The number of nitrogens with one attached hydrogen (secondary N) is 1. The van der Waals surface area contributed by atoms with Crippen molar-refractivity contribution in [2.75, 3.05) is 19.0 Å². The lowest BCUT2D eigenvalue weighted by Gasteiger charge is -2.22. The van der Waals surface area contributed by atoms with Gasteiger partial charge in [0.1, 0.15) is 5.56 Å². The van der Waals surface area contributed by atoms with E-state index in [-0.39, 0.29) is 28.7 Å². The topological polar surface area (TPSA) is 60.3 Å². The van der Waals surface area contributed by atoms with E-state index in [2.05, 4.69) is 48.9 Å². The number of carbonyl (C=O) groups excluding carboxylic acids is 1. The van der Waals surface area contributed by atoms with Crippen molar-refractivity contribution < 1.29 is 9.53 Å². The summed E-state index contributed by atoms with van der Waals surface area (Å²) < 4.78 is 7.55. The van der Waals surface area contributed by atoms with Gasteiger partial charge in [-0.05, 0) is 52.7 Å². The lowest BCUT2D eigenvalue weighted by atomic mass is 9.92. The first-order valence-corrected chi connectivity index (χ1v) is 10.7. The van der Waals surface area contributed by atoms with Crippen LogP contribution in [0.5, 0.6) is 0 Å². The highest BCUT2D eigenvalue weighted by Gasteiger charge is 2.23. The molecule has 0 saturated carbocycles. The number of nitrogens with zero attached hydrogens (tertiary/aromatic N) is 1. The highest BCUT2D eigenvalue weighted by atomic mass is 79.9. The Balaban J connectivity index is 2.61. The molecule has 1 N–H and O–H groups in total. The lowest BCUT2D eigenvalue weighted by molar-refractivity contribution is 0.102. The summed E-state index contributed by atoms with van der Waals surface area (Å²) in [5, 5.41) is 3.07. The molecule has 1 aromatic carbocycles. The Morgan fingerprint density at radius 1 is 1.10 bits per heavy atom. The van der Waals surface area contributed by atoms with Gasteiger partial charge in [-0.1, -0.05) is 45.9 Å². The Hall–Kier alpha value is -1.92. The standard InChI is InChI=1S/C23H31BrN2O3/c1-13(2)17-9-8-10-18(14(3)4)21(17)25-23(28)19-15(5)26(11-12-29-7)16(6)20(24)22(19)27/h8-10,13-14H,11-12H2,1-7H3,(H,25,28). The Bertz CT molecular complexity index is 935. The van der Waals surface area contributed by atoms with E-state index in [0.717, 1.165) is 22.5 Å². The number of methoxy groups -OCH3 is 1. The predicted octanol–water partition coefficient (Wildman–Crippen LogP) is 5.37. The van der Waals surface area contributed by atoms with Gasteiger partial charge < -0.3 is 14.6 Å². The zero-order valence-electron chi connectivity index (χ0n) is 18.4. The predicted molar refractivity (Wildman–Crippen MR) is 122 cm³/mol. The fraction of sp³-hybridized carbons (Fsp3) is 0.478. The van der Waals surface area contributed by atoms with Gasteiger partial charge in [-0.15, -0.1) is 0 Å². The number of halogens is 1. The summed E-state index contributed by atoms with van der Waals surface area (Å²) in [4.78, 5) is 26.3. The van der Waals surface area contributed by atoms with Crippen molar-refractivity contribution in [3.8, 4) is 0 Å². The maximum Gasteiger partial charge on any atom is 0.261 e. The highest BCUT2D eigenvalue weighted by Crippen LogP contribution is 2.32. The number of hydrogen-bond acceptors (Lipinski definition) is 3. The van der Waals surface area contributed by atoms with Crippen molar-refractivity contribution >= 4 is 27.5 Å². The Morgan fingerprint density at radius 2 is 1.66 bits per heavy atom. The van der Waals surface area contributed by atoms with E-state index in [1.807, 2.05) is 36.6 Å². The normalized spacial score (nSPS) is 11.4. The van der Waals surface area contributed by atoms with Crippen LogP contribution in [0.15, 0.2) is 27.5 Å². The van der Waals surface area contributed by atoms with E-state index < -0.39 is 0 Å². The Labute approximate surface area is 181 Å². The number of para-hydroxylation sites is 1. The average Bonchev–Trinajstić information content (AvgIpc) is 2.66. The summed E-state index contributed by atoms with van der Waals surface area (Å²) in [7, 11) is 1.63. The second-order valence-corrected chi connectivity index (χ2v) is 8.70. The number of ether oxygens (including phenoxy) is 1. The molecule has 158 valence electrons. The number of benzene rings is 1. The number of rotatable bonds is 7. The van der Waals surface area contributed by atoms with Crippen LogP contribution in [-0.4, -0.2) is 24.2 Å². The average molecular weight is 463 g/mol. The highest BCUT2D eigenvalue weighted by molar-refractivity contribution is 9.10. The summed E-state index contributed by atoms with van der Waals surface area (Å²) in [6, 6.07) is 6.08. The molecule has 0 unspecified atom stereocenters. The van der Waals surface area contributed by atoms with Gasteiger partial charge in [-0.25, -0.2) is 0 Å². The summed E-state index contributed by atoms with van der Waals surface area (Å²) in [6.07, 6.45) is 0. The van der Waals surface area contributed by atoms with Crippen molar-refractivity contribution in [2.24, 2.45) is 0 Å². The molecule has 1 amide bonds. The second kappa shape index (κ2) is 9.72. The third kappa shape index (κ3) is 4.81. The molecule has 6 heteroatoms. The molecule has 2 rings (SSSR count). The molecule has 2 aromatic rings. The smallest absolute Gasteiger partial charge is 0.261 e. The minimum Gasteiger partial charge on any atom is -0.383 e. The summed E-state index contributed by atoms with van der Waals surface area (Å²) in [5.41, 5.74) is 4.22. The van der Waals surface area contributed by atoms with Crippen LogP contribution in [0, 0.1) is 13.8 Å². The maximum atomic E-state index is 13.3. The van der Waals surface area contributed by atoms with Crippen LogP contribution in [0.2, 0.25) is 0 Å².